The lowest BCUT2D eigenvalue weighted by atomic mass is 10.3. The third-order valence-corrected chi connectivity index (χ3v) is 5.27. The molecule has 0 aromatic carbocycles. The van der Waals surface area contributed by atoms with Crippen LogP contribution in [0.5, 0.6) is 0 Å². The van der Waals surface area contributed by atoms with Crippen molar-refractivity contribution in [3.63, 3.8) is 0 Å². The lowest BCUT2D eigenvalue weighted by Crippen LogP contribution is -1.93. The highest BCUT2D eigenvalue weighted by Gasteiger charge is 2.03. The normalized spacial score (nSPS) is 11.0. The third kappa shape index (κ3) is 7.10. The van der Waals surface area contributed by atoms with Crippen molar-refractivity contribution < 1.29 is 0 Å². The van der Waals surface area contributed by atoms with Crippen molar-refractivity contribution in [2.45, 2.75) is 52.9 Å². The quantitative estimate of drug-likeness (QED) is 0.389. The summed E-state index contributed by atoms with van der Waals surface area (Å²) in [5, 5.41) is 0. The van der Waals surface area contributed by atoms with Gasteiger partial charge in [-0.1, -0.05) is 46.5 Å². The van der Waals surface area contributed by atoms with Gasteiger partial charge in [-0.2, -0.15) is 0 Å². The maximum absolute atomic E-state index is 2.32. The summed E-state index contributed by atoms with van der Waals surface area (Å²) in [5.41, 5.74) is 0. The molecule has 1 heteroatoms. The van der Waals surface area contributed by atoms with Gasteiger partial charge in [0.15, 0.2) is 0 Å². The van der Waals surface area contributed by atoms with Crippen molar-refractivity contribution in [1.82, 2.24) is 0 Å². The monoisotopic (exact) mass is 188 g/mol. The Morgan fingerprint density at radius 3 is 1.67 bits per heavy atom. The van der Waals surface area contributed by atoms with E-state index in [9.17, 15) is 0 Å². The van der Waals surface area contributed by atoms with Crippen LogP contribution in [0.3, 0.4) is 0 Å². The minimum Gasteiger partial charge on any atom is -0.107 e. The first-order valence-electron chi connectivity index (χ1n) is 5.57. The van der Waals surface area contributed by atoms with Crippen LogP contribution in [0, 0.1) is 0 Å². The van der Waals surface area contributed by atoms with Crippen LogP contribution in [0.25, 0.3) is 0 Å². The highest BCUT2D eigenvalue weighted by molar-refractivity contribution is 7.57. The molecule has 0 fully saturated rings. The molecule has 0 saturated carbocycles. The Balaban J connectivity index is 3.34. The molecule has 74 valence electrons. The molecule has 0 nitrogen and oxygen atoms in total. The van der Waals surface area contributed by atoms with Crippen LogP contribution in [0.4, 0.5) is 0 Å². The second-order valence-electron chi connectivity index (χ2n) is 3.55. The van der Waals surface area contributed by atoms with Crippen molar-refractivity contribution in [2.75, 3.05) is 18.5 Å². The highest BCUT2D eigenvalue weighted by Crippen LogP contribution is 2.37. The average Bonchev–Trinajstić information content (AvgIpc) is 2.06. The topological polar surface area (TPSA) is 0 Å². The standard InChI is InChI=1S/C11H25P/c1-4-7-8-11-12(9-5-2)10-6-3/h4-11H2,1-3H3. The summed E-state index contributed by atoms with van der Waals surface area (Å²) in [6.45, 7) is 6.94. The first-order chi connectivity index (χ1) is 5.85. The fourth-order valence-electron chi connectivity index (χ4n) is 1.55. The largest absolute Gasteiger partial charge is 0.107 e. The molecule has 0 unspecified atom stereocenters. The molecule has 0 aliphatic heterocycles. The second-order valence-corrected chi connectivity index (χ2v) is 6.23. The van der Waals surface area contributed by atoms with Crippen LogP contribution < -0.4 is 0 Å². The number of unbranched alkanes of at least 4 members (excludes halogenated alkanes) is 2. The second kappa shape index (κ2) is 9.52. The molecular formula is C11H25P. The number of hydrogen-bond donors (Lipinski definition) is 0. The zero-order valence-corrected chi connectivity index (χ0v) is 10.00. The maximum Gasteiger partial charge on any atom is -0.0326 e. The van der Waals surface area contributed by atoms with E-state index in [-0.39, 0.29) is 0 Å². The molecule has 0 N–H and O–H groups in total. The summed E-state index contributed by atoms with van der Waals surface area (Å²) in [6, 6.07) is 0. The summed E-state index contributed by atoms with van der Waals surface area (Å²) in [7, 11) is 0.428. The van der Waals surface area contributed by atoms with Crippen LogP contribution in [-0.2, 0) is 0 Å². The zero-order valence-electron chi connectivity index (χ0n) is 9.10. The molecule has 0 aromatic heterocycles. The first kappa shape index (κ1) is 12.4. The minimum absolute atomic E-state index is 0.428. The van der Waals surface area contributed by atoms with Gasteiger partial charge in [0.1, 0.15) is 0 Å². The van der Waals surface area contributed by atoms with E-state index >= 15 is 0 Å². The van der Waals surface area contributed by atoms with E-state index in [0.29, 0.717) is 7.92 Å². The van der Waals surface area contributed by atoms with Gasteiger partial charge in [0.05, 0.1) is 0 Å². The molecule has 0 radical (unpaired) electrons. The van der Waals surface area contributed by atoms with E-state index in [1.807, 2.05) is 0 Å². The van der Waals surface area contributed by atoms with Crippen LogP contribution >= 0.6 is 7.92 Å². The Kier molecular flexibility index (Phi) is 9.86. The van der Waals surface area contributed by atoms with Crippen molar-refractivity contribution in [3.05, 3.63) is 0 Å². The van der Waals surface area contributed by atoms with E-state index in [1.54, 1.807) is 6.16 Å². The van der Waals surface area contributed by atoms with Gasteiger partial charge >= 0.3 is 0 Å². The average molecular weight is 188 g/mol. The van der Waals surface area contributed by atoms with E-state index < -0.39 is 0 Å². The van der Waals surface area contributed by atoms with Gasteiger partial charge in [-0.15, -0.1) is 7.92 Å². The van der Waals surface area contributed by atoms with Crippen LogP contribution in [-0.4, -0.2) is 18.5 Å². The zero-order chi connectivity index (χ0) is 9.23. The lowest BCUT2D eigenvalue weighted by molar-refractivity contribution is 0.773. The van der Waals surface area contributed by atoms with E-state index in [1.165, 1.54) is 44.4 Å². The lowest BCUT2D eigenvalue weighted by Gasteiger charge is -2.15. The molecule has 12 heavy (non-hydrogen) atoms. The predicted octanol–water partition coefficient (Wildman–Crippen LogP) is 4.48. The Labute approximate surface area is 79.9 Å². The molecule has 0 amide bonds. The van der Waals surface area contributed by atoms with Gasteiger partial charge in [0.2, 0.25) is 0 Å². The Hall–Kier alpha value is 0.430. The predicted molar refractivity (Wildman–Crippen MR) is 61.6 cm³/mol. The highest BCUT2D eigenvalue weighted by atomic mass is 31.1. The van der Waals surface area contributed by atoms with Crippen LogP contribution in [0.1, 0.15) is 52.9 Å². The SMILES string of the molecule is CCCCCP(CCC)CCC. The molecule has 0 atom stereocenters. The van der Waals surface area contributed by atoms with E-state index in [2.05, 4.69) is 20.8 Å². The van der Waals surface area contributed by atoms with Gasteiger partial charge in [-0.05, 0) is 24.9 Å². The van der Waals surface area contributed by atoms with Crippen molar-refractivity contribution in [3.8, 4) is 0 Å². The van der Waals surface area contributed by atoms with E-state index in [0.717, 1.165) is 0 Å². The van der Waals surface area contributed by atoms with Gasteiger partial charge < -0.3 is 0 Å². The van der Waals surface area contributed by atoms with Crippen LogP contribution in [0.15, 0.2) is 0 Å². The molecule has 0 bridgehead atoms. The Bertz CT molecular complexity index is 75.1. The van der Waals surface area contributed by atoms with E-state index in [4.69, 9.17) is 0 Å². The Morgan fingerprint density at radius 1 is 0.667 bits per heavy atom. The first-order valence-corrected chi connectivity index (χ1v) is 7.47. The summed E-state index contributed by atoms with van der Waals surface area (Å²) in [5.74, 6) is 0. The molecule has 0 aliphatic carbocycles. The smallest absolute Gasteiger partial charge is 0.0326 e. The van der Waals surface area contributed by atoms with Crippen LogP contribution in [0.2, 0.25) is 0 Å². The van der Waals surface area contributed by atoms with Gasteiger partial charge in [0.25, 0.3) is 0 Å². The van der Waals surface area contributed by atoms with Gasteiger partial charge in [-0.25, -0.2) is 0 Å². The molecule has 0 rings (SSSR count). The third-order valence-electron chi connectivity index (χ3n) is 2.16. The van der Waals surface area contributed by atoms with Gasteiger partial charge in [0, 0.05) is 0 Å². The van der Waals surface area contributed by atoms with Crippen molar-refractivity contribution >= 4 is 7.92 Å². The molecule has 0 heterocycles. The molecule has 0 aliphatic rings. The Morgan fingerprint density at radius 2 is 1.25 bits per heavy atom. The maximum atomic E-state index is 2.32. The minimum atomic E-state index is 0.428. The number of rotatable bonds is 8. The molecule has 0 aromatic rings. The fourth-order valence-corrected chi connectivity index (χ4v) is 4.16. The number of hydrogen-bond acceptors (Lipinski definition) is 0. The molecular weight excluding hydrogens is 163 g/mol. The summed E-state index contributed by atoms with van der Waals surface area (Å²) >= 11 is 0. The van der Waals surface area contributed by atoms with Gasteiger partial charge in [-0.3, -0.25) is 0 Å². The van der Waals surface area contributed by atoms with Crippen molar-refractivity contribution in [1.29, 1.82) is 0 Å². The molecule has 0 saturated heterocycles. The summed E-state index contributed by atoms with van der Waals surface area (Å²) in [4.78, 5) is 0. The fraction of sp³-hybridized carbons (Fsp3) is 1.00. The summed E-state index contributed by atoms with van der Waals surface area (Å²) < 4.78 is 0. The van der Waals surface area contributed by atoms with Crippen molar-refractivity contribution in [2.24, 2.45) is 0 Å². The summed E-state index contributed by atoms with van der Waals surface area (Å²) in [6.07, 6.45) is 11.7. The molecule has 0 spiro atoms.